The monoisotopic (exact) mass is 343 g/mol. The molecule has 1 aliphatic rings. The van der Waals surface area contributed by atoms with Gasteiger partial charge < -0.3 is 14.2 Å². The number of hydrogen-bond donors (Lipinski definition) is 0. The summed E-state index contributed by atoms with van der Waals surface area (Å²) in [5.74, 6) is 1.04. The van der Waals surface area contributed by atoms with E-state index in [1.54, 1.807) is 0 Å². The Hall–Kier alpha value is -2.85. The third-order valence-corrected chi connectivity index (χ3v) is 5.14. The number of benzene rings is 3. The first-order valence-electron chi connectivity index (χ1n) is 9.15. The van der Waals surface area contributed by atoms with Crippen molar-refractivity contribution in [1.82, 2.24) is 9.55 Å². The van der Waals surface area contributed by atoms with Crippen molar-refractivity contribution in [2.75, 3.05) is 31.2 Å². The lowest BCUT2D eigenvalue weighted by molar-refractivity contribution is 0.121. The number of aromatic nitrogens is 2. The Bertz CT molecular complexity index is 1060. The zero-order valence-electron chi connectivity index (χ0n) is 14.6. The van der Waals surface area contributed by atoms with E-state index in [4.69, 9.17) is 9.72 Å². The van der Waals surface area contributed by atoms with E-state index >= 15 is 0 Å². The zero-order valence-corrected chi connectivity index (χ0v) is 14.6. The first-order valence-corrected chi connectivity index (χ1v) is 9.15. The van der Waals surface area contributed by atoms with E-state index in [0.29, 0.717) is 0 Å². The Morgan fingerprint density at radius 1 is 0.846 bits per heavy atom. The average molecular weight is 343 g/mol. The van der Waals surface area contributed by atoms with Gasteiger partial charge in [0, 0.05) is 13.1 Å². The fourth-order valence-electron chi connectivity index (χ4n) is 3.82. The third-order valence-electron chi connectivity index (χ3n) is 5.14. The molecule has 130 valence electrons. The van der Waals surface area contributed by atoms with Gasteiger partial charge in [-0.1, -0.05) is 54.6 Å². The van der Waals surface area contributed by atoms with Gasteiger partial charge in [-0.25, -0.2) is 4.98 Å². The number of imidazole rings is 1. The molecule has 0 amide bonds. The van der Waals surface area contributed by atoms with Gasteiger partial charge in [0.05, 0.1) is 30.8 Å². The number of anilines is 1. The number of morpholine rings is 1. The first-order chi connectivity index (χ1) is 12.9. The van der Waals surface area contributed by atoms with E-state index in [1.807, 2.05) is 0 Å². The van der Waals surface area contributed by atoms with Gasteiger partial charge in [0.25, 0.3) is 0 Å². The Kier molecular flexibility index (Phi) is 3.83. The van der Waals surface area contributed by atoms with Gasteiger partial charge in [-0.3, -0.25) is 0 Å². The summed E-state index contributed by atoms with van der Waals surface area (Å²) in [5.41, 5.74) is 3.55. The van der Waals surface area contributed by atoms with Crippen molar-refractivity contribution in [3.05, 3.63) is 72.3 Å². The highest BCUT2D eigenvalue weighted by Gasteiger charge is 2.19. The minimum absolute atomic E-state index is 0.761. The van der Waals surface area contributed by atoms with Gasteiger partial charge in [0.1, 0.15) is 0 Å². The molecule has 0 unspecified atom stereocenters. The SMILES string of the molecule is c1ccc2c(Cn3c(N4CCOCC4)nc4ccccc43)cccc2c1. The minimum atomic E-state index is 0.761. The van der Waals surface area contributed by atoms with Gasteiger partial charge in [0.2, 0.25) is 5.95 Å². The molecule has 0 saturated carbocycles. The average Bonchev–Trinajstić information content (AvgIpc) is 3.08. The molecule has 0 bridgehead atoms. The van der Waals surface area contributed by atoms with Crippen LogP contribution in [0.2, 0.25) is 0 Å². The molecule has 4 heteroatoms. The van der Waals surface area contributed by atoms with E-state index in [1.165, 1.54) is 21.9 Å². The van der Waals surface area contributed by atoms with Crippen molar-refractivity contribution in [3.63, 3.8) is 0 Å². The summed E-state index contributed by atoms with van der Waals surface area (Å²) < 4.78 is 7.88. The Morgan fingerprint density at radius 3 is 2.54 bits per heavy atom. The summed E-state index contributed by atoms with van der Waals surface area (Å²) in [6.07, 6.45) is 0. The Balaban J connectivity index is 1.65. The van der Waals surface area contributed by atoms with E-state index in [-0.39, 0.29) is 0 Å². The summed E-state index contributed by atoms with van der Waals surface area (Å²) >= 11 is 0. The molecule has 4 aromatic rings. The molecule has 1 aliphatic heterocycles. The maximum Gasteiger partial charge on any atom is 0.207 e. The number of rotatable bonds is 3. The lowest BCUT2D eigenvalue weighted by Crippen LogP contribution is -2.38. The molecule has 0 aliphatic carbocycles. The van der Waals surface area contributed by atoms with Crippen LogP contribution in [0.5, 0.6) is 0 Å². The standard InChI is InChI=1S/C22H21N3O/c1-2-9-19-17(6-1)7-5-8-18(19)16-25-21-11-4-3-10-20(21)23-22(25)24-12-14-26-15-13-24/h1-11H,12-16H2. The Labute approximate surface area is 152 Å². The summed E-state index contributed by atoms with van der Waals surface area (Å²) in [7, 11) is 0. The van der Waals surface area contributed by atoms with Crippen LogP contribution in [0.15, 0.2) is 66.7 Å². The van der Waals surface area contributed by atoms with Crippen LogP contribution in [0.1, 0.15) is 5.56 Å². The maximum atomic E-state index is 5.53. The smallest absolute Gasteiger partial charge is 0.207 e. The number of para-hydroxylation sites is 2. The highest BCUT2D eigenvalue weighted by atomic mass is 16.5. The van der Waals surface area contributed by atoms with E-state index in [9.17, 15) is 0 Å². The number of fused-ring (bicyclic) bond motifs is 2. The molecular weight excluding hydrogens is 322 g/mol. The maximum absolute atomic E-state index is 5.53. The van der Waals surface area contributed by atoms with Crippen LogP contribution >= 0.6 is 0 Å². The molecule has 5 rings (SSSR count). The van der Waals surface area contributed by atoms with Crippen molar-refractivity contribution in [2.45, 2.75) is 6.54 Å². The van der Waals surface area contributed by atoms with Gasteiger partial charge in [-0.2, -0.15) is 0 Å². The molecule has 3 aromatic carbocycles. The van der Waals surface area contributed by atoms with Crippen LogP contribution in [0.25, 0.3) is 21.8 Å². The Morgan fingerprint density at radius 2 is 1.62 bits per heavy atom. The normalized spacial score (nSPS) is 15.0. The fraction of sp³-hybridized carbons (Fsp3) is 0.227. The molecule has 26 heavy (non-hydrogen) atoms. The summed E-state index contributed by atoms with van der Waals surface area (Å²) in [5, 5.41) is 2.59. The third kappa shape index (κ3) is 2.63. The lowest BCUT2D eigenvalue weighted by atomic mass is 10.0. The molecular formula is C22H21N3O. The lowest BCUT2D eigenvalue weighted by Gasteiger charge is -2.28. The van der Waals surface area contributed by atoms with Crippen molar-refractivity contribution in [3.8, 4) is 0 Å². The van der Waals surface area contributed by atoms with E-state index in [0.717, 1.165) is 44.3 Å². The summed E-state index contributed by atoms with van der Waals surface area (Å²) in [6.45, 7) is 4.11. The van der Waals surface area contributed by atoms with E-state index in [2.05, 4.69) is 76.2 Å². The molecule has 0 N–H and O–H groups in total. The minimum Gasteiger partial charge on any atom is -0.378 e. The van der Waals surface area contributed by atoms with Crippen LogP contribution in [-0.4, -0.2) is 35.9 Å². The number of ether oxygens (including phenoxy) is 1. The molecule has 0 spiro atoms. The van der Waals surface area contributed by atoms with Crippen LogP contribution in [-0.2, 0) is 11.3 Å². The number of nitrogens with zero attached hydrogens (tertiary/aromatic N) is 3. The van der Waals surface area contributed by atoms with Gasteiger partial charge >= 0.3 is 0 Å². The van der Waals surface area contributed by atoms with Crippen molar-refractivity contribution in [1.29, 1.82) is 0 Å². The quantitative estimate of drug-likeness (QED) is 0.562. The predicted octanol–water partition coefficient (Wildman–Crippen LogP) is 4.07. The van der Waals surface area contributed by atoms with Crippen LogP contribution in [0.3, 0.4) is 0 Å². The van der Waals surface area contributed by atoms with Crippen LogP contribution < -0.4 is 4.90 Å². The molecule has 2 heterocycles. The largest absolute Gasteiger partial charge is 0.378 e. The first kappa shape index (κ1) is 15.4. The second-order valence-electron chi connectivity index (χ2n) is 6.72. The summed E-state index contributed by atoms with van der Waals surface area (Å²) in [4.78, 5) is 7.29. The topological polar surface area (TPSA) is 30.3 Å². The highest BCUT2D eigenvalue weighted by molar-refractivity contribution is 5.86. The molecule has 1 saturated heterocycles. The molecule has 0 radical (unpaired) electrons. The van der Waals surface area contributed by atoms with Gasteiger partial charge in [0.15, 0.2) is 0 Å². The van der Waals surface area contributed by atoms with Crippen LogP contribution in [0, 0.1) is 0 Å². The van der Waals surface area contributed by atoms with Crippen molar-refractivity contribution >= 4 is 27.8 Å². The molecule has 1 fully saturated rings. The highest BCUT2D eigenvalue weighted by Crippen LogP contribution is 2.27. The zero-order chi connectivity index (χ0) is 17.3. The second-order valence-corrected chi connectivity index (χ2v) is 6.72. The molecule has 0 atom stereocenters. The van der Waals surface area contributed by atoms with Gasteiger partial charge in [-0.15, -0.1) is 0 Å². The van der Waals surface area contributed by atoms with Crippen molar-refractivity contribution < 1.29 is 4.74 Å². The molecule has 4 nitrogen and oxygen atoms in total. The number of hydrogen-bond acceptors (Lipinski definition) is 3. The second kappa shape index (κ2) is 6.46. The fourth-order valence-corrected chi connectivity index (χ4v) is 3.82. The predicted molar refractivity (Wildman–Crippen MR) is 106 cm³/mol. The molecule has 1 aromatic heterocycles. The van der Waals surface area contributed by atoms with Gasteiger partial charge in [-0.05, 0) is 28.5 Å². The van der Waals surface area contributed by atoms with Crippen molar-refractivity contribution in [2.24, 2.45) is 0 Å². The van der Waals surface area contributed by atoms with Crippen LogP contribution in [0.4, 0.5) is 5.95 Å². The summed E-state index contributed by atoms with van der Waals surface area (Å²) in [6, 6.07) is 23.5. The van der Waals surface area contributed by atoms with E-state index < -0.39 is 0 Å².